The number of hydrogen-bond acceptors (Lipinski definition) is 3. The second kappa shape index (κ2) is 4.95. The molecular weight excluding hydrogens is 234 g/mol. The summed E-state index contributed by atoms with van der Waals surface area (Å²) in [4.78, 5) is 2.27. The van der Waals surface area contributed by atoms with Crippen molar-refractivity contribution < 1.29 is 0 Å². The molecule has 2 rings (SSSR count). The third kappa shape index (κ3) is 2.71. The van der Waals surface area contributed by atoms with E-state index in [1.54, 1.807) is 6.07 Å². The summed E-state index contributed by atoms with van der Waals surface area (Å²) in [6.07, 6.45) is 0. The van der Waals surface area contributed by atoms with Crippen LogP contribution in [-0.2, 0) is 0 Å². The van der Waals surface area contributed by atoms with E-state index < -0.39 is 0 Å². The van der Waals surface area contributed by atoms with E-state index in [4.69, 9.17) is 16.9 Å². The van der Waals surface area contributed by atoms with Crippen LogP contribution in [0.3, 0.4) is 0 Å². The number of nitrogens with one attached hydrogen (secondary N) is 1. The monoisotopic (exact) mass is 249 g/mol. The van der Waals surface area contributed by atoms with Gasteiger partial charge >= 0.3 is 0 Å². The molecule has 2 atom stereocenters. The highest BCUT2D eigenvalue weighted by molar-refractivity contribution is 6.33. The summed E-state index contributed by atoms with van der Waals surface area (Å²) in [5.74, 6) is 0. The topological polar surface area (TPSA) is 39.1 Å². The minimum atomic E-state index is 0.450. The van der Waals surface area contributed by atoms with E-state index in [0.29, 0.717) is 22.7 Å². The first-order valence-corrected chi connectivity index (χ1v) is 6.18. The van der Waals surface area contributed by atoms with Gasteiger partial charge in [0.15, 0.2) is 0 Å². The molecule has 1 aromatic carbocycles. The highest BCUT2D eigenvalue weighted by Gasteiger charge is 2.22. The maximum absolute atomic E-state index is 8.82. The lowest BCUT2D eigenvalue weighted by Crippen LogP contribution is -2.54. The molecule has 0 bridgehead atoms. The maximum Gasteiger partial charge on any atom is 0.0992 e. The lowest BCUT2D eigenvalue weighted by molar-refractivity contribution is 0.407. The molecule has 0 saturated carbocycles. The van der Waals surface area contributed by atoms with Gasteiger partial charge in [0.05, 0.1) is 22.3 Å². The number of hydrogen-bond donors (Lipinski definition) is 1. The summed E-state index contributed by atoms with van der Waals surface area (Å²) < 4.78 is 0. The zero-order valence-electron chi connectivity index (χ0n) is 10.1. The lowest BCUT2D eigenvalue weighted by atomic mass is 10.1. The summed E-state index contributed by atoms with van der Waals surface area (Å²) in [6, 6.07) is 8.48. The average molecular weight is 250 g/mol. The van der Waals surface area contributed by atoms with Crippen LogP contribution in [0.1, 0.15) is 19.4 Å². The van der Waals surface area contributed by atoms with Crippen molar-refractivity contribution in [1.82, 2.24) is 5.32 Å². The Morgan fingerprint density at radius 2 is 2.00 bits per heavy atom. The molecule has 90 valence electrons. The van der Waals surface area contributed by atoms with Gasteiger partial charge in [-0.3, -0.25) is 0 Å². The second-order valence-corrected chi connectivity index (χ2v) is 5.06. The van der Waals surface area contributed by atoms with Gasteiger partial charge in [-0.15, -0.1) is 0 Å². The van der Waals surface area contributed by atoms with Crippen molar-refractivity contribution >= 4 is 17.3 Å². The smallest absolute Gasteiger partial charge is 0.0992 e. The predicted molar refractivity (Wildman–Crippen MR) is 70.4 cm³/mol. The fourth-order valence-electron chi connectivity index (χ4n) is 2.36. The van der Waals surface area contributed by atoms with Crippen molar-refractivity contribution in [2.45, 2.75) is 25.9 Å². The molecule has 4 heteroatoms. The molecule has 1 saturated heterocycles. The molecule has 0 radical (unpaired) electrons. The molecule has 1 fully saturated rings. The Labute approximate surface area is 107 Å². The molecule has 3 nitrogen and oxygen atoms in total. The third-order valence-electron chi connectivity index (χ3n) is 2.97. The maximum atomic E-state index is 8.82. The Morgan fingerprint density at radius 1 is 1.35 bits per heavy atom. The molecule has 1 aliphatic rings. The second-order valence-electron chi connectivity index (χ2n) is 4.65. The normalized spacial score (nSPS) is 24.5. The fourth-order valence-corrected chi connectivity index (χ4v) is 2.66. The van der Waals surface area contributed by atoms with Gasteiger partial charge in [0.1, 0.15) is 0 Å². The number of nitrogens with zero attached hydrogens (tertiary/aromatic N) is 2. The van der Waals surface area contributed by atoms with Gasteiger partial charge in [0.2, 0.25) is 0 Å². The first-order chi connectivity index (χ1) is 8.10. The molecule has 2 unspecified atom stereocenters. The van der Waals surface area contributed by atoms with Gasteiger partial charge in [0.25, 0.3) is 0 Å². The predicted octanol–water partition coefficient (Wildman–Crippen LogP) is 2.40. The van der Waals surface area contributed by atoms with E-state index in [1.165, 1.54) is 0 Å². The van der Waals surface area contributed by atoms with Crippen molar-refractivity contribution in [3.05, 3.63) is 28.8 Å². The number of benzene rings is 1. The molecule has 0 aliphatic carbocycles. The number of halogens is 1. The first-order valence-electron chi connectivity index (χ1n) is 5.81. The summed E-state index contributed by atoms with van der Waals surface area (Å²) in [7, 11) is 0. The molecule has 0 spiro atoms. The molecule has 1 heterocycles. The largest absolute Gasteiger partial charge is 0.367 e. The fraction of sp³-hybridized carbons (Fsp3) is 0.462. The van der Waals surface area contributed by atoms with E-state index in [1.807, 2.05) is 12.1 Å². The highest BCUT2D eigenvalue weighted by Crippen LogP contribution is 2.28. The molecular formula is C13H16ClN3. The Kier molecular flexibility index (Phi) is 3.56. The summed E-state index contributed by atoms with van der Waals surface area (Å²) in [5.41, 5.74) is 1.63. The number of nitriles is 1. The summed E-state index contributed by atoms with van der Waals surface area (Å²) >= 11 is 6.22. The summed E-state index contributed by atoms with van der Waals surface area (Å²) in [5, 5.41) is 13.0. The number of anilines is 1. The van der Waals surface area contributed by atoms with Crippen molar-refractivity contribution in [1.29, 1.82) is 5.26 Å². The van der Waals surface area contributed by atoms with Crippen molar-refractivity contribution in [3.8, 4) is 6.07 Å². The minimum absolute atomic E-state index is 0.450. The zero-order chi connectivity index (χ0) is 12.4. The van der Waals surface area contributed by atoms with Crippen molar-refractivity contribution in [2.24, 2.45) is 0 Å². The van der Waals surface area contributed by atoms with Gasteiger partial charge in [-0.1, -0.05) is 11.6 Å². The average Bonchev–Trinajstić information content (AvgIpc) is 2.27. The zero-order valence-corrected chi connectivity index (χ0v) is 10.8. The van der Waals surface area contributed by atoms with Crippen LogP contribution < -0.4 is 10.2 Å². The number of rotatable bonds is 1. The molecule has 1 N–H and O–H groups in total. The van der Waals surface area contributed by atoms with Crippen molar-refractivity contribution in [3.63, 3.8) is 0 Å². The van der Waals surface area contributed by atoms with Gasteiger partial charge in [-0.2, -0.15) is 5.26 Å². The lowest BCUT2D eigenvalue weighted by Gasteiger charge is -2.38. The van der Waals surface area contributed by atoms with Gasteiger partial charge < -0.3 is 10.2 Å². The van der Waals surface area contributed by atoms with Crippen LogP contribution in [0.5, 0.6) is 0 Å². The Bertz CT molecular complexity index is 442. The van der Waals surface area contributed by atoms with Gasteiger partial charge in [0, 0.05) is 25.2 Å². The standard InChI is InChI=1S/C13H16ClN3/c1-9-7-17(8-10(2)16-9)13-4-3-11(6-15)5-12(13)14/h3-5,9-10,16H,7-8H2,1-2H3. The quantitative estimate of drug-likeness (QED) is 0.831. The van der Waals surface area contributed by atoms with Crippen molar-refractivity contribution in [2.75, 3.05) is 18.0 Å². The molecule has 0 aromatic heterocycles. The van der Waals surface area contributed by atoms with Crippen LogP contribution in [0.25, 0.3) is 0 Å². The molecule has 1 aromatic rings. The molecule has 1 aliphatic heterocycles. The van der Waals surface area contributed by atoms with E-state index in [0.717, 1.165) is 18.8 Å². The minimum Gasteiger partial charge on any atom is -0.367 e. The SMILES string of the molecule is CC1CN(c2ccc(C#N)cc2Cl)CC(C)N1. The summed E-state index contributed by atoms with van der Waals surface area (Å²) in [6.45, 7) is 6.21. The third-order valence-corrected chi connectivity index (χ3v) is 3.28. The van der Waals surface area contributed by atoms with Crippen LogP contribution in [0.4, 0.5) is 5.69 Å². The van der Waals surface area contributed by atoms with E-state index >= 15 is 0 Å². The first kappa shape index (κ1) is 12.2. The van der Waals surface area contributed by atoms with Gasteiger partial charge in [-0.25, -0.2) is 0 Å². The van der Waals surface area contributed by atoms with Gasteiger partial charge in [-0.05, 0) is 32.0 Å². The van der Waals surface area contributed by atoms with Crippen LogP contribution in [0.15, 0.2) is 18.2 Å². The van der Waals surface area contributed by atoms with Crippen LogP contribution >= 0.6 is 11.6 Å². The molecule has 0 amide bonds. The van der Waals surface area contributed by atoms with Crippen LogP contribution in [-0.4, -0.2) is 25.2 Å². The van der Waals surface area contributed by atoms with Crippen LogP contribution in [0, 0.1) is 11.3 Å². The molecule has 17 heavy (non-hydrogen) atoms. The Morgan fingerprint density at radius 3 is 2.53 bits per heavy atom. The van der Waals surface area contributed by atoms with E-state index in [2.05, 4.69) is 30.1 Å². The Hall–Kier alpha value is -1.24. The van der Waals surface area contributed by atoms with E-state index in [9.17, 15) is 0 Å². The number of piperazine rings is 1. The van der Waals surface area contributed by atoms with E-state index in [-0.39, 0.29) is 0 Å². The van der Waals surface area contributed by atoms with Crippen LogP contribution in [0.2, 0.25) is 5.02 Å². The Balaban J connectivity index is 2.25. The highest BCUT2D eigenvalue weighted by atomic mass is 35.5.